The van der Waals surface area contributed by atoms with Gasteiger partial charge in [-0.05, 0) is 31.7 Å². The number of hydrogen-bond acceptors (Lipinski definition) is 3. The first kappa shape index (κ1) is 16.0. The lowest BCUT2D eigenvalue weighted by Crippen LogP contribution is -2.45. The van der Waals surface area contributed by atoms with Crippen LogP contribution in [0.3, 0.4) is 0 Å². The minimum atomic E-state index is -0.570. The van der Waals surface area contributed by atoms with Crippen LogP contribution in [0.4, 0.5) is 5.69 Å². The zero-order chi connectivity index (χ0) is 15.4. The Morgan fingerprint density at radius 2 is 2.14 bits per heavy atom. The van der Waals surface area contributed by atoms with Gasteiger partial charge in [-0.1, -0.05) is 17.7 Å². The molecule has 1 fully saturated rings. The second kappa shape index (κ2) is 7.09. The number of hydrogen-bond donors (Lipinski definition) is 0. The summed E-state index contributed by atoms with van der Waals surface area (Å²) in [6, 6.07) is 4.42. The summed E-state index contributed by atoms with van der Waals surface area (Å²) in [4.78, 5) is 25.0. The molecule has 114 valence electrons. The summed E-state index contributed by atoms with van der Waals surface area (Å²) in [6.07, 6.45) is 3.57. The van der Waals surface area contributed by atoms with Gasteiger partial charge in [-0.3, -0.25) is 14.9 Å². The van der Waals surface area contributed by atoms with Crippen molar-refractivity contribution in [3.8, 4) is 0 Å². The van der Waals surface area contributed by atoms with E-state index in [9.17, 15) is 14.9 Å². The van der Waals surface area contributed by atoms with Gasteiger partial charge in [-0.25, -0.2) is 0 Å². The monoisotopic (exact) mass is 330 g/mol. The first-order valence-corrected chi connectivity index (χ1v) is 7.77. The normalized spacial score (nSPS) is 14.6. The lowest BCUT2D eigenvalue weighted by atomic mass is 9.90. The molecule has 0 atom stereocenters. The van der Waals surface area contributed by atoms with E-state index >= 15 is 0 Å². The quantitative estimate of drug-likeness (QED) is 0.451. The predicted octanol–water partition coefficient (Wildman–Crippen LogP) is 3.87. The minimum absolute atomic E-state index is 0.0226. The topological polar surface area (TPSA) is 63.4 Å². The van der Waals surface area contributed by atoms with Crippen molar-refractivity contribution in [1.29, 1.82) is 0 Å². The maximum Gasteiger partial charge on any atom is 0.283 e. The number of nitro groups is 1. The molecule has 1 amide bonds. The SMILES string of the molecule is O=C(c1c(Cl)cccc1[N+](=O)[O-])N(CCCCl)C1CCC1. The van der Waals surface area contributed by atoms with E-state index in [0.29, 0.717) is 18.8 Å². The Morgan fingerprint density at radius 1 is 1.43 bits per heavy atom. The lowest BCUT2D eigenvalue weighted by Gasteiger charge is -2.37. The van der Waals surface area contributed by atoms with Crippen molar-refractivity contribution < 1.29 is 9.72 Å². The summed E-state index contributed by atoms with van der Waals surface area (Å²) in [5.74, 6) is 0.0725. The van der Waals surface area contributed by atoms with Gasteiger partial charge in [0, 0.05) is 24.5 Å². The molecule has 5 nitrogen and oxygen atoms in total. The number of halogens is 2. The zero-order valence-corrected chi connectivity index (χ0v) is 12.9. The fourth-order valence-corrected chi connectivity index (χ4v) is 2.77. The fraction of sp³-hybridized carbons (Fsp3) is 0.500. The minimum Gasteiger partial charge on any atom is -0.335 e. The standard InChI is InChI=1S/C14H16Cl2N2O3/c15-8-3-9-17(10-4-1-5-10)14(19)13-11(16)6-2-7-12(13)18(20)21/h2,6-7,10H,1,3-5,8-9H2. The lowest BCUT2D eigenvalue weighted by molar-refractivity contribution is -0.385. The van der Waals surface area contributed by atoms with Crippen LogP contribution in [0.15, 0.2) is 18.2 Å². The Labute approximate surface area is 133 Å². The number of nitrogens with zero attached hydrogens (tertiary/aromatic N) is 2. The first-order valence-electron chi connectivity index (χ1n) is 6.86. The largest absolute Gasteiger partial charge is 0.335 e. The fourth-order valence-electron chi connectivity index (χ4n) is 2.40. The van der Waals surface area contributed by atoms with Crippen molar-refractivity contribution in [2.24, 2.45) is 0 Å². The van der Waals surface area contributed by atoms with Gasteiger partial charge in [0.05, 0.1) is 9.95 Å². The van der Waals surface area contributed by atoms with Gasteiger partial charge in [-0.15, -0.1) is 11.6 Å². The van der Waals surface area contributed by atoms with Crippen LogP contribution < -0.4 is 0 Å². The van der Waals surface area contributed by atoms with Crippen LogP contribution in [0, 0.1) is 10.1 Å². The highest BCUT2D eigenvalue weighted by atomic mass is 35.5. The molecule has 1 aliphatic carbocycles. The molecule has 0 saturated heterocycles. The Morgan fingerprint density at radius 3 is 2.67 bits per heavy atom. The number of benzene rings is 1. The van der Waals surface area contributed by atoms with Crippen molar-refractivity contribution in [1.82, 2.24) is 4.90 Å². The highest BCUT2D eigenvalue weighted by molar-refractivity contribution is 6.34. The van der Waals surface area contributed by atoms with Crippen LogP contribution in [0.2, 0.25) is 5.02 Å². The number of nitro benzene ring substituents is 1. The van der Waals surface area contributed by atoms with E-state index in [1.165, 1.54) is 18.2 Å². The van der Waals surface area contributed by atoms with E-state index in [1.54, 1.807) is 4.90 Å². The smallest absolute Gasteiger partial charge is 0.283 e. The molecule has 0 heterocycles. The molecule has 1 aliphatic rings. The van der Waals surface area contributed by atoms with Crippen molar-refractivity contribution in [3.05, 3.63) is 38.9 Å². The van der Waals surface area contributed by atoms with Gasteiger partial charge < -0.3 is 4.90 Å². The highest BCUT2D eigenvalue weighted by Crippen LogP contribution is 2.32. The number of rotatable bonds is 6. The molecule has 0 aliphatic heterocycles. The summed E-state index contributed by atoms with van der Waals surface area (Å²) < 4.78 is 0. The van der Waals surface area contributed by atoms with E-state index < -0.39 is 4.92 Å². The average molecular weight is 331 g/mol. The molecule has 0 bridgehead atoms. The van der Waals surface area contributed by atoms with Gasteiger partial charge >= 0.3 is 0 Å². The Bertz CT molecular complexity index is 547. The molecule has 1 aromatic rings. The van der Waals surface area contributed by atoms with E-state index in [2.05, 4.69) is 0 Å². The third-order valence-electron chi connectivity index (χ3n) is 3.71. The number of carbonyl (C=O) groups is 1. The van der Waals surface area contributed by atoms with Gasteiger partial charge in [-0.2, -0.15) is 0 Å². The van der Waals surface area contributed by atoms with Crippen LogP contribution >= 0.6 is 23.2 Å². The molecule has 2 rings (SSSR count). The second-order valence-electron chi connectivity index (χ2n) is 5.02. The maximum absolute atomic E-state index is 12.7. The van der Waals surface area contributed by atoms with Gasteiger partial charge in [0.2, 0.25) is 0 Å². The van der Waals surface area contributed by atoms with Crippen LogP contribution in [0.1, 0.15) is 36.0 Å². The first-order chi connectivity index (χ1) is 10.1. The van der Waals surface area contributed by atoms with Crippen molar-refractivity contribution in [2.75, 3.05) is 12.4 Å². The van der Waals surface area contributed by atoms with Crippen LogP contribution in [0.5, 0.6) is 0 Å². The van der Waals surface area contributed by atoms with Crippen LogP contribution in [-0.4, -0.2) is 34.2 Å². The number of alkyl halides is 1. The highest BCUT2D eigenvalue weighted by Gasteiger charge is 2.33. The summed E-state index contributed by atoms with van der Waals surface area (Å²) in [5.41, 5.74) is -0.270. The molecule has 0 N–H and O–H groups in total. The molecule has 1 saturated carbocycles. The Hall–Kier alpha value is -1.33. The summed E-state index contributed by atoms with van der Waals surface area (Å²) in [5, 5.41) is 11.2. The van der Waals surface area contributed by atoms with E-state index in [-0.39, 0.29) is 28.2 Å². The molecule has 1 aromatic carbocycles. The summed E-state index contributed by atoms with van der Waals surface area (Å²) >= 11 is 11.7. The van der Waals surface area contributed by atoms with Gasteiger partial charge in [0.25, 0.3) is 11.6 Å². The molecular weight excluding hydrogens is 315 g/mol. The van der Waals surface area contributed by atoms with Gasteiger partial charge in [0.15, 0.2) is 0 Å². The molecule has 0 radical (unpaired) electrons. The van der Waals surface area contributed by atoms with E-state index in [0.717, 1.165) is 19.3 Å². The Kier molecular flexibility index (Phi) is 5.42. The molecule has 0 unspecified atom stereocenters. The molecule has 0 spiro atoms. The van der Waals surface area contributed by atoms with E-state index in [1.807, 2.05) is 0 Å². The van der Waals surface area contributed by atoms with E-state index in [4.69, 9.17) is 23.2 Å². The second-order valence-corrected chi connectivity index (χ2v) is 5.80. The summed E-state index contributed by atoms with van der Waals surface area (Å²) in [7, 11) is 0. The Balaban J connectivity index is 2.33. The maximum atomic E-state index is 12.7. The van der Waals surface area contributed by atoms with Crippen molar-refractivity contribution in [2.45, 2.75) is 31.7 Å². The van der Waals surface area contributed by atoms with Crippen molar-refractivity contribution in [3.63, 3.8) is 0 Å². The number of carbonyl (C=O) groups excluding carboxylic acids is 1. The molecular formula is C14H16Cl2N2O3. The van der Waals surface area contributed by atoms with Crippen molar-refractivity contribution >= 4 is 34.8 Å². The van der Waals surface area contributed by atoms with Gasteiger partial charge in [0.1, 0.15) is 5.56 Å². The molecule has 21 heavy (non-hydrogen) atoms. The van der Waals surface area contributed by atoms with Crippen LogP contribution in [-0.2, 0) is 0 Å². The zero-order valence-electron chi connectivity index (χ0n) is 11.4. The van der Waals surface area contributed by atoms with Crippen LogP contribution in [0.25, 0.3) is 0 Å². The predicted molar refractivity (Wildman–Crippen MR) is 82.1 cm³/mol. The number of amides is 1. The molecule has 0 aromatic heterocycles. The average Bonchev–Trinajstić information content (AvgIpc) is 2.40. The summed E-state index contributed by atoms with van der Waals surface area (Å²) in [6.45, 7) is 0.495. The molecule has 7 heteroatoms. The third kappa shape index (κ3) is 3.47. The third-order valence-corrected chi connectivity index (χ3v) is 4.29.